The normalized spacial score (nSPS) is 16.8. The molecule has 1 aliphatic heterocycles. The number of nitrogens with zero attached hydrogens (tertiary/aromatic N) is 1. The summed E-state index contributed by atoms with van der Waals surface area (Å²) in [5.74, 6) is -2.37. The van der Waals surface area contributed by atoms with E-state index in [1.165, 1.54) is 30.3 Å². The molecule has 0 bridgehead atoms. The third kappa shape index (κ3) is 5.64. The zero-order valence-electron chi connectivity index (χ0n) is 18.1. The molecule has 4 rings (SSSR count). The van der Waals surface area contributed by atoms with Gasteiger partial charge in [0.05, 0.1) is 18.3 Å². The van der Waals surface area contributed by atoms with Crippen molar-refractivity contribution in [1.29, 1.82) is 0 Å². The molecule has 12 heteroatoms. The Kier molecular flexibility index (Phi) is 6.74. The second-order valence-electron chi connectivity index (χ2n) is 7.97. The predicted octanol–water partition coefficient (Wildman–Crippen LogP) is 6.39. The summed E-state index contributed by atoms with van der Waals surface area (Å²) in [5.41, 5.74) is 0.391. The lowest BCUT2D eigenvalue weighted by Gasteiger charge is -2.40. The molecule has 0 aliphatic carbocycles. The SMILES string of the molecule is O[C@@H](CN1c2cccc(-c3cc(F)cc(F)c3)c2OCC1c1cccc(OC(F)(F)F)c1)C(F)(F)F. The molecule has 0 fully saturated rings. The van der Waals surface area contributed by atoms with Crippen molar-refractivity contribution in [2.75, 3.05) is 18.1 Å². The number of rotatable bonds is 5. The molecule has 192 valence electrons. The Morgan fingerprint density at radius 1 is 0.944 bits per heavy atom. The monoisotopic (exact) mass is 519 g/mol. The second-order valence-corrected chi connectivity index (χ2v) is 7.97. The summed E-state index contributed by atoms with van der Waals surface area (Å²) in [6.45, 7) is -1.34. The molecule has 1 aliphatic rings. The van der Waals surface area contributed by atoms with Crippen LogP contribution in [0.25, 0.3) is 11.1 Å². The van der Waals surface area contributed by atoms with Crippen LogP contribution in [0.5, 0.6) is 11.5 Å². The van der Waals surface area contributed by atoms with Gasteiger partial charge >= 0.3 is 12.5 Å². The van der Waals surface area contributed by atoms with Gasteiger partial charge in [0, 0.05) is 11.6 Å². The summed E-state index contributed by atoms with van der Waals surface area (Å²) >= 11 is 0. The third-order valence-electron chi connectivity index (χ3n) is 5.46. The number of β-amino-alcohol motifs (C(OH)–C–C–N with tert-alkyl or cyclic N) is 1. The Hall–Kier alpha value is -3.54. The Bertz CT molecular complexity index is 1220. The summed E-state index contributed by atoms with van der Waals surface area (Å²) in [7, 11) is 0. The summed E-state index contributed by atoms with van der Waals surface area (Å²) in [6.07, 6.45) is -12.8. The van der Waals surface area contributed by atoms with E-state index < -0.39 is 48.6 Å². The lowest BCUT2D eigenvalue weighted by molar-refractivity contribution is -0.274. The minimum Gasteiger partial charge on any atom is -0.488 e. The number of halogens is 8. The van der Waals surface area contributed by atoms with E-state index in [2.05, 4.69) is 4.74 Å². The van der Waals surface area contributed by atoms with Gasteiger partial charge in [0.15, 0.2) is 11.9 Å². The maximum atomic E-state index is 13.8. The fourth-order valence-electron chi connectivity index (χ4n) is 3.97. The highest BCUT2D eigenvalue weighted by Crippen LogP contribution is 2.46. The van der Waals surface area contributed by atoms with Crippen LogP contribution in [0, 0.1) is 11.6 Å². The first kappa shape index (κ1) is 25.5. The highest BCUT2D eigenvalue weighted by Gasteiger charge is 2.42. The quantitative estimate of drug-likeness (QED) is 0.397. The molecular weight excluding hydrogens is 502 g/mol. The number of fused-ring (bicyclic) bond motifs is 1. The highest BCUT2D eigenvalue weighted by molar-refractivity contribution is 5.80. The molecule has 1 N–H and O–H groups in total. The Labute approximate surface area is 199 Å². The van der Waals surface area contributed by atoms with E-state index in [1.807, 2.05) is 0 Å². The zero-order valence-corrected chi connectivity index (χ0v) is 18.1. The number of alkyl halides is 6. The summed E-state index contributed by atoms with van der Waals surface area (Å²) < 4.78 is 115. The summed E-state index contributed by atoms with van der Waals surface area (Å²) in [4.78, 5) is 1.13. The topological polar surface area (TPSA) is 41.9 Å². The fourth-order valence-corrected chi connectivity index (χ4v) is 3.97. The first-order chi connectivity index (χ1) is 16.8. The van der Waals surface area contributed by atoms with Crippen molar-refractivity contribution >= 4 is 5.69 Å². The number of para-hydroxylation sites is 1. The van der Waals surface area contributed by atoms with E-state index in [9.17, 15) is 40.2 Å². The molecule has 0 spiro atoms. The standard InChI is InChI=1S/C24H17F8NO3/c25-15-7-14(8-16(26)10-15)18-5-2-6-19-22(18)35-12-20(33(19)11-21(34)23(27,28)29)13-3-1-4-17(9-13)36-24(30,31)32/h1-10,20-21,34H,11-12H2/t20?,21-/m0/s1. The van der Waals surface area contributed by atoms with Crippen molar-refractivity contribution in [3.05, 3.63) is 77.9 Å². The molecule has 4 nitrogen and oxygen atoms in total. The van der Waals surface area contributed by atoms with Crippen LogP contribution in [-0.4, -0.2) is 36.9 Å². The van der Waals surface area contributed by atoms with Crippen LogP contribution in [0.1, 0.15) is 11.6 Å². The van der Waals surface area contributed by atoms with Crippen LogP contribution < -0.4 is 14.4 Å². The van der Waals surface area contributed by atoms with Crippen LogP contribution in [0.4, 0.5) is 40.8 Å². The molecule has 0 aromatic heterocycles. The van der Waals surface area contributed by atoms with E-state index in [0.717, 1.165) is 29.2 Å². The average molecular weight is 519 g/mol. The van der Waals surface area contributed by atoms with Crippen molar-refractivity contribution in [2.24, 2.45) is 0 Å². The zero-order chi connectivity index (χ0) is 26.3. The van der Waals surface area contributed by atoms with Gasteiger partial charge in [-0.25, -0.2) is 8.78 Å². The van der Waals surface area contributed by atoms with E-state index >= 15 is 0 Å². The maximum Gasteiger partial charge on any atom is 0.573 e. The number of benzene rings is 3. The largest absolute Gasteiger partial charge is 0.573 e. The molecule has 1 heterocycles. The summed E-state index contributed by atoms with van der Waals surface area (Å²) in [5, 5.41) is 9.81. The van der Waals surface area contributed by atoms with Gasteiger partial charge in [-0.3, -0.25) is 0 Å². The lowest BCUT2D eigenvalue weighted by atomic mass is 9.98. The van der Waals surface area contributed by atoms with Crippen LogP contribution in [-0.2, 0) is 0 Å². The maximum absolute atomic E-state index is 13.8. The van der Waals surface area contributed by atoms with Gasteiger partial charge in [0.2, 0.25) is 0 Å². The van der Waals surface area contributed by atoms with Gasteiger partial charge in [0.1, 0.15) is 24.0 Å². The highest BCUT2D eigenvalue weighted by atomic mass is 19.4. The van der Waals surface area contributed by atoms with Crippen molar-refractivity contribution < 1.29 is 49.7 Å². The third-order valence-corrected chi connectivity index (χ3v) is 5.46. The van der Waals surface area contributed by atoms with Gasteiger partial charge in [-0.1, -0.05) is 24.3 Å². The van der Waals surface area contributed by atoms with E-state index in [1.54, 1.807) is 0 Å². The molecule has 0 amide bonds. The Balaban J connectivity index is 1.80. The number of hydrogen-bond acceptors (Lipinski definition) is 4. The molecule has 36 heavy (non-hydrogen) atoms. The average Bonchev–Trinajstić information content (AvgIpc) is 2.76. The molecule has 3 aromatic carbocycles. The molecule has 3 aromatic rings. The second kappa shape index (κ2) is 9.49. The molecule has 2 atom stereocenters. The molecule has 1 unspecified atom stereocenters. The molecule has 0 saturated heterocycles. The molecule has 0 saturated carbocycles. The number of aliphatic hydroxyl groups is 1. The first-order valence-electron chi connectivity index (χ1n) is 10.4. The van der Waals surface area contributed by atoms with Gasteiger partial charge in [-0.2, -0.15) is 13.2 Å². The van der Waals surface area contributed by atoms with Crippen molar-refractivity contribution in [2.45, 2.75) is 24.7 Å². The van der Waals surface area contributed by atoms with Crippen LogP contribution >= 0.6 is 0 Å². The van der Waals surface area contributed by atoms with Crippen molar-refractivity contribution in [1.82, 2.24) is 0 Å². The van der Waals surface area contributed by atoms with Crippen LogP contribution in [0.2, 0.25) is 0 Å². The minimum atomic E-state index is -4.99. The van der Waals surface area contributed by atoms with Gasteiger partial charge in [-0.15, -0.1) is 13.2 Å². The Morgan fingerprint density at radius 3 is 2.25 bits per heavy atom. The number of aliphatic hydroxyl groups excluding tert-OH is 1. The van der Waals surface area contributed by atoms with Crippen LogP contribution in [0.3, 0.4) is 0 Å². The van der Waals surface area contributed by atoms with Crippen molar-refractivity contribution in [3.8, 4) is 22.6 Å². The minimum absolute atomic E-state index is 0.00387. The summed E-state index contributed by atoms with van der Waals surface area (Å²) in [6, 6.07) is 10.5. The van der Waals surface area contributed by atoms with E-state index in [0.29, 0.717) is 6.07 Å². The Morgan fingerprint density at radius 2 is 1.61 bits per heavy atom. The number of ether oxygens (including phenoxy) is 2. The fraction of sp³-hybridized carbons (Fsp3) is 0.250. The predicted molar refractivity (Wildman–Crippen MR) is 113 cm³/mol. The molecule has 0 radical (unpaired) electrons. The first-order valence-corrected chi connectivity index (χ1v) is 10.4. The van der Waals surface area contributed by atoms with Crippen LogP contribution in [0.15, 0.2) is 60.7 Å². The number of hydrogen-bond donors (Lipinski definition) is 1. The molecular formula is C24H17F8NO3. The van der Waals surface area contributed by atoms with Gasteiger partial charge in [0.25, 0.3) is 0 Å². The van der Waals surface area contributed by atoms with E-state index in [-0.39, 0.29) is 34.7 Å². The smallest absolute Gasteiger partial charge is 0.488 e. The number of anilines is 1. The van der Waals surface area contributed by atoms with Crippen molar-refractivity contribution in [3.63, 3.8) is 0 Å². The lowest BCUT2D eigenvalue weighted by Crippen LogP contribution is -2.46. The van der Waals surface area contributed by atoms with Gasteiger partial charge in [-0.05, 0) is 41.5 Å². The van der Waals surface area contributed by atoms with Gasteiger partial charge < -0.3 is 19.5 Å². The van der Waals surface area contributed by atoms with E-state index in [4.69, 9.17) is 4.74 Å².